The Hall–Kier alpha value is -4.01. The van der Waals surface area contributed by atoms with Gasteiger partial charge in [-0.3, -0.25) is 4.79 Å². The molecule has 0 bridgehead atoms. The van der Waals surface area contributed by atoms with E-state index in [0.717, 1.165) is 5.56 Å². The molecule has 2 heterocycles. The molecule has 166 valence electrons. The van der Waals surface area contributed by atoms with Crippen LogP contribution in [-0.2, 0) is 4.79 Å². The third-order valence-electron chi connectivity index (χ3n) is 5.21. The highest BCUT2D eigenvalue weighted by Gasteiger charge is 2.36. The number of ether oxygens (including phenoxy) is 3. The molecule has 9 nitrogen and oxygen atoms in total. The molecule has 1 aromatic heterocycles. The number of hydrogen-bond donors (Lipinski definition) is 2. The van der Waals surface area contributed by atoms with E-state index in [4.69, 9.17) is 14.2 Å². The smallest absolute Gasteiger partial charge is 0.255 e. The van der Waals surface area contributed by atoms with Gasteiger partial charge in [0.05, 0.1) is 32.1 Å². The second-order valence-corrected chi connectivity index (χ2v) is 7.06. The Morgan fingerprint density at radius 2 is 1.88 bits per heavy atom. The minimum absolute atomic E-state index is 0.295. The van der Waals surface area contributed by atoms with E-state index < -0.39 is 6.04 Å². The minimum atomic E-state index is -0.583. The van der Waals surface area contributed by atoms with E-state index in [0.29, 0.717) is 46.8 Å². The molecule has 0 saturated heterocycles. The molecular formula is C23H25N5O4. The number of methoxy groups -OCH3 is 2. The highest BCUT2D eigenvalue weighted by molar-refractivity contribution is 6.06. The zero-order valence-electron chi connectivity index (χ0n) is 18.4. The molecule has 0 radical (unpaired) electrons. The minimum Gasteiger partial charge on any atom is -0.495 e. The fourth-order valence-corrected chi connectivity index (χ4v) is 3.82. The Balaban J connectivity index is 1.84. The van der Waals surface area contributed by atoms with Crippen molar-refractivity contribution in [3.8, 4) is 17.2 Å². The Morgan fingerprint density at radius 3 is 2.62 bits per heavy atom. The number of nitrogens with one attached hydrogen (secondary N) is 2. The summed E-state index contributed by atoms with van der Waals surface area (Å²) < 4.78 is 18.5. The zero-order chi connectivity index (χ0) is 22.7. The Labute approximate surface area is 186 Å². The average Bonchev–Trinajstić information content (AvgIpc) is 3.27. The van der Waals surface area contributed by atoms with Crippen LogP contribution in [-0.4, -0.2) is 41.5 Å². The summed E-state index contributed by atoms with van der Waals surface area (Å²) in [5.74, 6) is 1.94. The van der Waals surface area contributed by atoms with Crippen molar-refractivity contribution >= 4 is 17.5 Å². The van der Waals surface area contributed by atoms with Crippen molar-refractivity contribution < 1.29 is 19.0 Å². The lowest BCUT2D eigenvalue weighted by molar-refractivity contribution is -0.113. The number of hydrogen-bond acceptors (Lipinski definition) is 7. The van der Waals surface area contributed by atoms with Gasteiger partial charge in [0.1, 0.15) is 18.1 Å². The number of carbonyl (C=O) groups is 1. The number of fused-ring (bicyclic) bond motifs is 1. The number of anilines is 2. The van der Waals surface area contributed by atoms with Crippen LogP contribution in [0.4, 0.5) is 11.6 Å². The summed E-state index contributed by atoms with van der Waals surface area (Å²) in [6, 6.07) is 12.3. The summed E-state index contributed by atoms with van der Waals surface area (Å²) in [7, 11) is 3.15. The normalized spacial score (nSPS) is 14.9. The molecule has 0 saturated carbocycles. The molecule has 2 aromatic carbocycles. The number of rotatable bonds is 7. The molecule has 3 aromatic rings. The van der Waals surface area contributed by atoms with E-state index in [-0.39, 0.29) is 5.91 Å². The standard InChI is InChI=1S/C23H25N5O4/c1-5-32-21-15(9-8-12-18(21)31-4)20-19(14(2)26-23-24-13-25-28(20)23)22(29)27-16-10-6-7-11-17(16)30-3/h6-13,20H,5H2,1-4H3,(H,27,29)(H,24,25,26)/t20-/m1/s1. The van der Waals surface area contributed by atoms with Gasteiger partial charge in [0, 0.05) is 11.3 Å². The highest BCUT2D eigenvalue weighted by atomic mass is 16.5. The van der Waals surface area contributed by atoms with Crippen molar-refractivity contribution in [1.82, 2.24) is 14.8 Å². The molecule has 0 spiro atoms. The summed E-state index contributed by atoms with van der Waals surface area (Å²) in [4.78, 5) is 17.9. The summed E-state index contributed by atoms with van der Waals surface area (Å²) >= 11 is 0. The summed E-state index contributed by atoms with van der Waals surface area (Å²) in [5.41, 5.74) is 2.44. The van der Waals surface area contributed by atoms with Crippen molar-refractivity contribution in [2.24, 2.45) is 0 Å². The van der Waals surface area contributed by atoms with Gasteiger partial charge in [0.15, 0.2) is 11.5 Å². The maximum absolute atomic E-state index is 13.6. The van der Waals surface area contributed by atoms with Gasteiger partial charge in [-0.05, 0) is 32.0 Å². The van der Waals surface area contributed by atoms with Gasteiger partial charge in [-0.2, -0.15) is 10.1 Å². The molecular weight excluding hydrogens is 410 g/mol. The second-order valence-electron chi connectivity index (χ2n) is 7.06. The van der Waals surface area contributed by atoms with E-state index >= 15 is 0 Å². The van der Waals surface area contributed by atoms with Crippen molar-refractivity contribution in [1.29, 1.82) is 0 Å². The van der Waals surface area contributed by atoms with Crippen LogP contribution < -0.4 is 24.8 Å². The number of aromatic nitrogens is 3. The molecule has 1 aliphatic heterocycles. The van der Waals surface area contributed by atoms with Gasteiger partial charge in [-0.1, -0.05) is 24.3 Å². The number of carbonyl (C=O) groups excluding carboxylic acids is 1. The fraction of sp³-hybridized carbons (Fsp3) is 0.261. The van der Waals surface area contributed by atoms with Gasteiger partial charge < -0.3 is 24.8 Å². The molecule has 4 rings (SSSR count). The predicted octanol–water partition coefficient (Wildman–Crippen LogP) is 3.62. The molecule has 0 fully saturated rings. The van der Waals surface area contributed by atoms with Gasteiger partial charge in [0.25, 0.3) is 5.91 Å². The van der Waals surface area contributed by atoms with Crippen LogP contribution in [0.15, 0.2) is 60.1 Å². The van der Waals surface area contributed by atoms with Crippen LogP contribution in [0, 0.1) is 0 Å². The Kier molecular flexibility index (Phi) is 5.98. The van der Waals surface area contributed by atoms with Crippen LogP contribution >= 0.6 is 0 Å². The summed E-state index contributed by atoms with van der Waals surface area (Å²) in [6.45, 7) is 4.17. The lowest BCUT2D eigenvalue weighted by atomic mass is 9.94. The molecule has 0 unspecified atom stereocenters. The van der Waals surface area contributed by atoms with Gasteiger partial charge in [-0.25, -0.2) is 4.68 Å². The third kappa shape index (κ3) is 3.73. The zero-order valence-corrected chi connectivity index (χ0v) is 18.4. The number of nitrogens with zero attached hydrogens (tertiary/aromatic N) is 3. The van der Waals surface area contributed by atoms with Crippen LogP contribution in [0.1, 0.15) is 25.5 Å². The van der Waals surface area contributed by atoms with Crippen LogP contribution in [0.25, 0.3) is 0 Å². The van der Waals surface area contributed by atoms with Crippen molar-refractivity contribution in [3.63, 3.8) is 0 Å². The lowest BCUT2D eigenvalue weighted by Crippen LogP contribution is -2.32. The van der Waals surface area contributed by atoms with Crippen LogP contribution in [0.5, 0.6) is 17.2 Å². The van der Waals surface area contributed by atoms with Crippen LogP contribution in [0.2, 0.25) is 0 Å². The first-order chi connectivity index (χ1) is 15.6. The largest absolute Gasteiger partial charge is 0.495 e. The number of amides is 1. The first kappa shape index (κ1) is 21.2. The summed E-state index contributed by atoms with van der Waals surface area (Å²) in [6.07, 6.45) is 1.45. The summed E-state index contributed by atoms with van der Waals surface area (Å²) in [5, 5.41) is 10.5. The fourth-order valence-electron chi connectivity index (χ4n) is 3.82. The number of benzene rings is 2. The number of allylic oxidation sites excluding steroid dienone is 1. The maximum Gasteiger partial charge on any atom is 0.255 e. The highest BCUT2D eigenvalue weighted by Crippen LogP contribution is 2.43. The van der Waals surface area contributed by atoms with Gasteiger partial charge in [0.2, 0.25) is 5.95 Å². The SMILES string of the molecule is CCOc1c(OC)cccc1[C@@H]1C(C(=O)Nc2ccccc2OC)=C(C)Nc2ncnn21. The van der Waals surface area contributed by atoms with Crippen molar-refractivity contribution in [3.05, 3.63) is 65.6 Å². The van der Waals surface area contributed by atoms with E-state index in [9.17, 15) is 4.79 Å². The molecule has 0 aliphatic carbocycles. The predicted molar refractivity (Wildman–Crippen MR) is 120 cm³/mol. The van der Waals surface area contributed by atoms with Gasteiger partial charge >= 0.3 is 0 Å². The van der Waals surface area contributed by atoms with Crippen LogP contribution in [0.3, 0.4) is 0 Å². The molecule has 1 atom stereocenters. The van der Waals surface area contributed by atoms with E-state index in [1.54, 1.807) is 31.0 Å². The van der Waals surface area contributed by atoms with E-state index in [1.165, 1.54) is 6.33 Å². The topological polar surface area (TPSA) is 99.5 Å². The maximum atomic E-state index is 13.6. The van der Waals surface area contributed by atoms with Gasteiger partial charge in [-0.15, -0.1) is 0 Å². The second kappa shape index (κ2) is 9.01. The average molecular weight is 435 g/mol. The number of para-hydroxylation sites is 3. The Morgan fingerprint density at radius 1 is 1.12 bits per heavy atom. The quantitative estimate of drug-likeness (QED) is 0.585. The van der Waals surface area contributed by atoms with E-state index in [2.05, 4.69) is 20.7 Å². The van der Waals surface area contributed by atoms with Crippen molar-refractivity contribution in [2.45, 2.75) is 19.9 Å². The molecule has 1 amide bonds. The van der Waals surface area contributed by atoms with E-state index in [1.807, 2.05) is 44.2 Å². The monoisotopic (exact) mass is 435 g/mol. The first-order valence-electron chi connectivity index (χ1n) is 10.2. The molecule has 1 aliphatic rings. The third-order valence-corrected chi connectivity index (χ3v) is 5.21. The molecule has 9 heteroatoms. The molecule has 2 N–H and O–H groups in total. The Bertz CT molecular complexity index is 1170. The van der Waals surface area contributed by atoms with Crippen molar-refractivity contribution in [2.75, 3.05) is 31.5 Å². The first-order valence-corrected chi connectivity index (χ1v) is 10.2. The lowest BCUT2D eigenvalue weighted by Gasteiger charge is -2.30. The molecule has 32 heavy (non-hydrogen) atoms.